The molecule has 7 nitrogen and oxygen atoms in total. The average Bonchev–Trinajstić information content (AvgIpc) is 2.92. The van der Waals surface area contributed by atoms with Crippen LogP contribution in [0.15, 0.2) is 4.52 Å². The largest absolute Gasteiger partial charge is 0.481 e. The van der Waals surface area contributed by atoms with E-state index in [0.717, 1.165) is 26.1 Å². The molecule has 1 unspecified atom stereocenters. The Hall–Kier alpha value is -1.47. The summed E-state index contributed by atoms with van der Waals surface area (Å²) >= 11 is 0. The van der Waals surface area contributed by atoms with Crippen LogP contribution in [0.5, 0.6) is 0 Å². The van der Waals surface area contributed by atoms with Gasteiger partial charge in [-0.15, -0.1) is 0 Å². The number of morpholine rings is 1. The van der Waals surface area contributed by atoms with Gasteiger partial charge in [-0.2, -0.15) is 4.98 Å². The smallest absolute Gasteiger partial charge is 0.303 e. The molecule has 2 rings (SSSR count). The Morgan fingerprint density at radius 1 is 1.50 bits per heavy atom. The number of aromatic nitrogens is 2. The second-order valence-electron chi connectivity index (χ2n) is 4.90. The van der Waals surface area contributed by atoms with Gasteiger partial charge >= 0.3 is 5.97 Å². The van der Waals surface area contributed by atoms with Gasteiger partial charge in [0, 0.05) is 25.9 Å². The number of aryl methyl sites for hydroxylation is 1. The number of hydrogen-bond acceptors (Lipinski definition) is 6. The third-order valence-corrected chi connectivity index (χ3v) is 3.40. The van der Waals surface area contributed by atoms with Gasteiger partial charge in [-0.3, -0.25) is 9.69 Å². The number of unbranched alkanes of at least 4 members (excludes halogenated alkanes) is 1. The maximum absolute atomic E-state index is 10.4. The van der Waals surface area contributed by atoms with Gasteiger partial charge in [0.25, 0.3) is 0 Å². The minimum absolute atomic E-state index is 0.125. The van der Waals surface area contributed by atoms with Crippen LogP contribution in [-0.2, 0) is 16.0 Å². The number of aliphatic carboxylic acids is 1. The molecule has 0 saturated carbocycles. The van der Waals surface area contributed by atoms with Crippen molar-refractivity contribution in [1.29, 1.82) is 0 Å². The summed E-state index contributed by atoms with van der Waals surface area (Å²) in [6, 6.07) is 0. The lowest BCUT2D eigenvalue weighted by molar-refractivity contribution is -0.137. The molecule has 7 heteroatoms. The summed E-state index contributed by atoms with van der Waals surface area (Å²) in [4.78, 5) is 17.0. The highest BCUT2D eigenvalue weighted by molar-refractivity contribution is 5.66. The highest BCUT2D eigenvalue weighted by Crippen LogP contribution is 2.19. The Labute approximate surface area is 117 Å². The zero-order valence-electron chi connectivity index (χ0n) is 11.7. The first-order chi connectivity index (χ1) is 9.69. The molecule has 0 radical (unpaired) electrons. The van der Waals surface area contributed by atoms with Crippen molar-refractivity contribution in [2.75, 3.05) is 26.2 Å². The van der Waals surface area contributed by atoms with Crippen LogP contribution in [0.2, 0.25) is 0 Å². The van der Waals surface area contributed by atoms with Crippen molar-refractivity contribution in [2.45, 2.75) is 38.7 Å². The monoisotopic (exact) mass is 283 g/mol. The Balaban J connectivity index is 1.80. The summed E-state index contributed by atoms with van der Waals surface area (Å²) in [5.74, 6) is 0.380. The first-order valence-corrected chi connectivity index (χ1v) is 7.07. The quantitative estimate of drug-likeness (QED) is 0.753. The molecule has 0 aliphatic carbocycles. The molecular weight excluding hydrogens is 262 g/mol. The molecule has 2 heterocycles. The fraction of sp³-hybridized carbons (Fsp3) is 0.769. The number of carbonyl (C=O) groups is 1. The molecule has 20 heavy (non-hydrogen) atoms. The van der Waals surface area contributed by atoms with Gasteiger partial charge in [0.2, 0.25) is 11.7 Å². The summed E-state index contributed by atoms with van der Waals surface area (Å²) in [5.41, 5.74) is 0. The van der Waals surface area contributed by atoms with Crippen molar-refractivity contribution in [2.24, 2.45) is 0 Å². The normalized spacial score (nSPS) is 20.1. The lowest BCUT2D eigenvalue weighted by atomic mass is 10.2. The molecule has 0 aromatic carbocycles. The van der Waals surface area contributed by atoms with E-state index < -0.39 is 5.97 Å². The lowest BCUT2D eigenvalue weighted by Crippen LogP contribution is -2.38. The Morgan fingerprint density at radius 2 is 2.35 bits per heavy atom. The predicted molar refractivity (Wildman–Crippen MR) is 70.3 cm³/mol. The molecule has 1 fully saturated rings. The van der Waals surface area contributed by atoms with Crippen LogP contribution in [0.3, 0.4) is 0 Å². The van der Waals surface area contributed by atoms with Crippen molar-refractivity contribution < 1.29 is 19.2 Å². The number of nitrogens with zero attached hydrogens (tertiary/aromatic N) is 3. The first-order valence-electron chi connectivity index (χ1n) is 7.07. The van der Waals surface area contributed by atoms with Crippen LogP contribution < -0.4 is 0 Å². The molecule has 1 aliphatic rings. The van der Waals surface area contributed by atoms with E-state index in [0.29, 0.717) is 31.2 Å². The van der Waals surface area contributed by atoms with Crippen LogP contribution in [0, 0.1) is 0 Å². The second-order valence-corrected chi connectivity index (χ2v) is 4.90. The molecular formula is C13H21N3O4. The van der Waals surface area contributed by atoms with E-state index in [1.807, 2.05) is 0 Å². The molecule has 0 amide bonds. The fourth-order valence-electron chi connectivity index (χ4n) is 2.20. The van der Waals surface area contributed by atoms with Gasteiger partial charge in [0.15, 0.2) is 0 Å². The zero-order valence-corrected chi connectivity index (χ0v) is 11.7. The van der Waals surface area contributed by atoms with Gasteiger partial charge in [0.05, 0.1) is 6.61 Å². The maximum Gasteiger partial charge on any atom is 0.303 e. The van der Waals surface area contributed by atoms with Gasteiger partial charge in [-0.1, -0.05) is 12.1 Å². The van der Waals surface area contributed by atoms with Crippen molar-refractivity contribution in [1.82, 2.24) is 15.0 Å². The van der Waals surface area contributed by atoms with E-state index in [1.54, 1.807) is 0 Å². The number of rotatable bonds is 7. The summed E-state index contributed by atoms with van der Waals surface area (Å²) in [5, 5.41) is 12.5. The van der Waals surface area contributed by atoms with E-state index in [2.05, 4.69) is 22.0 Å². The van der Waals surface area contributed by atoms with Crippen LogP contribution >= 0.6 is 0 Å². The minimum Gasteiger partial charge on any atom is -0.481 e. The zero-order chi connectivity index (χ0) is 14.4. The number of carboxylic acid groups (broad SMARTS) is 1. The Bertz CT molecular complexity index is 435. The topological polar surface area (TPSA) is 88.7 Å². The number of hydrogen-bond donors (Lipinski definition) is 1. The standard InChI is InChI=1S/C13H21N3O4/c1-2-16-7-8-19-10(9-16)13-14-11(20-15-13)5-3-4-6-12(17)18/h10H,2-9H2,1H3,(H,17,18). The van der Waals surface area contributed by atoms with Gasteiger partial charge in [-0.05, 0) is 19.4 Å². The fourth-order valence-corrected chi connectivity index (χ4v) is 2.20. The third-order valence-electron chi connectivity index (χ3n) is 3.40. The summed E-state index contributed by atoms with van der Waals surface area (Å²) in [6.45, 7) is 5.51. The van der Waals surface area contributed by atoms with Gasteiger partial charge < -0.3 is 14.4 Å². The minimum atomic E-state index is -0.772. The lowest BCUT2D eigenvalue weighted by Gasteiger charge is -2.30. The van der Waals surface area contributed by atoms with Crippen molar-refractivity contribution in [3.63, 3.8) is 0 Å². The molecule has 112 valence electrons. The van der Waals surface area contributed by atoms with E-state index in [1.165, 1.54) is 0 Å². The SMILES string of the molecule is CCN1CCOC(c2noc(CCCCC(=O)O)n2)C1. The summed E-state index contributed by atoms with van der Waals surface area (Å²) in [6.07, 6.45) is 2.03. The highest BCUT2D eigenvalue weighted by atomic mass is 16.5. The molecule has 1 aromatic rings. The van der Waals surface area contributed by atoms with Gasteiger partial charge in [0.1, 0.15) is 6.10 Å². The number of ether oxygens (including phenoxy) is 1. The number of carboxylic acids is 1. The second kappa shape index (κ2) is 7.35. The van der Waals surface area contributed by atoms with Crippen LogP contribution in [0.4, 0.5) is 0 Å². The van der Waals surface area contributed by atoms with E-state index in [4.69, 9.17) is 14.4 Å². The third kappa shape index (κ3) is 4.28. The van der Waals surface area contributed by atoms with Crippen LogP contribution in [-0.4, -0.2) is 52.4 Å². The highest BCUT2D eigenvalue weighted by Gasteiger charge is 2.25. The molecule has 1 aliphatic heterocycles. The molecule has 1 atom stereocenters. The Morgan fingerprint density at radius 3 is 3.10 bits per heavy atom. The predicted octanol–water partition coefficient (Wildman–Crippen LogP) is 1.26. The van der Waals surface area contributed by atoms with Crippen LogP contribution in [0.1, 0.15) is 44.0 Å². The summed E-state index contributed by atoms with van der Waals surface area (Å²) in [7, 11) is 0. The molecule has 0 bridgehead atoms. The van der Waals surface area contributed by atoms with E-state index >= 15 is 0 Å². The van der Waals surface area contributed by atoms with Crippen LogP contribution in [0.25, 0.3) is 0 Å². The maximum atomic E-state index is 10.4. The average molecular weight is 283 g/mol. The summed E-state index contributed by atoms with van der Waals surface area (Å²) < 4.78 is 10.8. The molecule has 1 saturated heterocycles. The molecule has 0 spiro atoms. The van der Waals surface area contributed by atoms with Crippen molar-refractivity contribution in [3.05, 3.63) is 11.7 Å². The Kier molecular flexibility index (Phi) is 5.49. The number of likely N-dealkylation sites (N-methyl/N-ethyl adjacent to an activating group) is 1. The van der Waals surface area contributed by atoms with E-state index in [-0.39, 0.29) is 12.5 Å². The molecule has 1 aromatic heterocycles. The van der Waals surface area contributed by atoms with Crippen molar-refractivity contribution in [3.8, 4) is 0 Å². The van der Waals surface area contributed by atoms with Crippen molar-refractivity contribution >= 4 is 5.97 Å². The molecule has 1 N–H and O–H groups in total. The van der Waals surface area contributed by atoms with Gasteiger partial charge in [-0.25, -0.2) is 0 Å². The first kappa shape index (κ1) is 14.9. The van der Waals surface area contributed by atoms with E-state index in [9.17, 15) is 4.79 Å².